The molecular weight excluding hydrogens is 438 g/mol. The van der Waals surface area contributed by atoms with Crippen LogP contribution in [0.1, 0.15) is 29.9 Å². The summed E-state index contributed by atoms with van der Waals surface area (Å²) < 4.78 is 16.8. The smallest absolute Gasteiger partial charge is 0.271 e. The van der Waals surface area contributed by atoms with Crippen molar-refractivity contribution in [2.24, 2.45) is 0 Å². The lowest BCUT2D eigenvalue weighted by Crippen LogP contribution is -2.28. The zero-order valence-electron chi connectivity index (χ0n) is 19.6. The predicted molar refractivity (Wildman–Crippen MR) is 132 cm³/mol. The maximum Gasteiger partial charge on any atom is 0.271 e. The zero-order chi connectivity index (χ0) is 23.6. The van der Waals surface area contributed by atoms with Crippen LogP contribution in [0.15, 0.2) is 47.8 Å². The van der Waals surface area contributed by atoms with Gasteiger partial charge in [0.15, 0.2) is 11.5 Å². The van der Waals surface area contributed by atoms with E-state index in [4.69, 9.17) is 14.2 Å². The van der Waals surface area contributed by atoms with Crippen molar-refractivity contribution in [1.29, 1.82) is 0 Å². The van der Waals surface area contributed by atoms with Gasteiger partial charge in [-0.3, -0.25) is 4.79 Å². The number of nitrogens with zero attached hydrogens (tertiary/aromatic N) is 2. The quantitative estimate of drug-likeness (QED) is 0.422. The summed E-state index contributed by atoms with van der Waals surface area (Å²) in [6, 6.07) is 13.3. The number of hydrogen-bond acceptors (Lipinski definition) is 7. The first-order chi connectivity index (χ1) is 16.1. The fraction of sp³-hybridized carbons (Fsp3) is 0.360. The van der Waals surface area contributed by atoms with Crippen molar-refractivity contribution in [3.63, 3.8) is 0 Å². The van der Waals surface area contributed by atoms with Crippen LogP contribution in [0, 0.1) is 0 Å². The number of rotatable bonds is 12. The third-order valence-electron chi connectivity index (χ3n) is 5.31. The summed E-state index contributed by atoms with van der Waals surface area (Å²) in [5.74, 6) is 1.84. The Bertz CT molecular complexity index is 1050. The number of likely N-dealkylation sites (N-methyl/N-ethyl adjacent to an activating group) is 1. The molecule has 0 aliphatic rings. The standard InChI is InChI=1S/C25H31N3O4S/c1-5-28(6-2)13-14-32-22-12-11-18(15-23(22)31-4)16-26-24(29)20-17-33-25(27-20)19-9-7-8-10-21(19)30-3/h7-12,15,17H,5-6,13-14,16H2,1-4H3,(H,26,29). The maximum absolute atomic E-state index is 12.6. The van der Waals surface area contributed by atoms with E-state index >= 15 is 0 Å². The number of amides is 1. The summed E-state index contributed by atoms with van der Waals surface area (Å²) in [6.07, 6.45) is 0. The van der Waals surface area contributed by atoms with Gasteiger partial charge in [0, 0.05) is 18.5 Å². The normalized spacial score (nSPS) is 10.8. The van der Waals surface area contributed by atoms with Gasteiger partial charge in [-0.1, -0.05) is 32.0 Å². The third kappa shape index (κ3) is 6.46. The van der Waals surface area contributed by atoms with Crippen molar-refractivity contribution in [2.75, 3.05) is 40.5 Å². The molecule has 0 spiro atoms. The molecule has 1 amide bonds. The molecule has 1 N–H and O–H groups in total. The van der Waals surface area contributed by atoms with Gasteiger partial charge < -0.3 is 24.4 Å². The molecule has 0 aliphatic carbocycles. The molecular formula is C25H31N3O4S. The maximum atomic E-state index is 12.6. The molecule has 1 aromatic heterocycles. The van der Waals surface area contributed by atoms with E-state index in [0.29, 0.717) is 30.3 Å². The van der Waals surface area contributed by atoms with Gasteiger partial charge in [-0.2, -0.15) is 0 Å². The van der Waals surface area contributed by atoms with Crippen molar-refractivity contribution in [3.8, 4) is 27.8 Å². The van der Waals surface area contributed by atoms with Crippen LogP contribution >= 0.6 is 11.3 Å². The minimum atomic E-state index is -0.231. The number of carbonyl (C=O) groups is 1. The molecule has 176 valence electrons. The summed E-state index contributed by atoms with van der Waals surface area (Å²) in [5, 5.41) is 5.42. The van der Waals surface area contributed by atoms with E-state index < -0.39 is 0 Å². The Labute approximate surface area is 199 Å². The van der Waals surface area contributed by atoms with E-state index in [1.165, 1.54) is 11.3 Å². The molecule has 33 heavy (non-hydrogen) atoms. The second-order valence-corrected chi connectivity index (χ2v) is 8.14. The van der Waals surface area contributed by atoms with E-state index in [9.17, 15) is 4.79 Å². The summed E-state index contributed by atoms with van der Waals surface area (Å²) in [4.78, 5) is 19.4. The first-order valence-corrected chi connectivity index (χ1v) is 11.9. The molecule has 0 unspecified atom stereocenters. The molecule has 0 fully saturated rings. The Balaban J connectivity index is 1.59. The minimum absolute atomic E-state index is 0.231. The van der Waals surface area contributed by atoms with E-state index in [0.717, 1.165) is 41.5 Å². The van der Waals surface area contributed by atoms with Crippen LogP contribution in [-0.4, -0.2) is 56.3 Å². The van der Waals surface area contributed by atoms with Gasteiger partial charge in [0.25, 0.3) is 5.91 Å². The number of ether oxygens (including phenoxy) is 3. The van der Waals surface area contributed by atoms with Crippen molar-refractivity contribution in [1.82, 2.24) is 15.2 Å². The minimum Gasteiger partial charge on any atom is -0.496 e. The average Bonchev–Trinajstić information content (AvgIpc) is 3.36. The fourth-order valence-electron chi connectivity index (χ4n) is 3.36. The molecule has 3 rings (SSSR count). The Kier molecular flexibility index (Phi) is 9.09. The van der Waals surface area contributed by atoms with E-state index in [2.05, 4.69) is 29.0 Å². The zero-order valence-corrected chi connectivity index (χ0v) is 20.4. The van der Waals surface area contributed by atoms with Crippen LogP contribution in [0.25, 0.3) is 10.6 Å². The second kappa shape index (κ2) is 12.2. The Morgan fingerprint density at radius 1 is 1.03 bits per heavy atom. The number of carbonyl (C=O) groups excluding carboxylic acids is 1. The number of para-hydroxylation sites is 1. The molecule has 0 bridgehead atoms. The van der Waals surface area contributed by atoms with Crippen LogP contribution in [0.3, 0.4) is 0 Å². The van der Waals surface area contributed by atoms with Gasteiger partial charge in [0.1, 0.15) is 23.1 Å². The lowest BCUT2D eigenvalue weighted by Gasteiger charge is -2.19. The van der Waals surface area contributed by atoms with E-state index in [1.54, 1.807) is 19.6 Å². The number of thiazole rings is 1. The molecule has 0 radical (unpaired) electrons. The summed E-state index contributed by atoms with van der Waals surface area (Å²) >= 11 is 1.41. The molecule has 7 nitrogen and oxygen atoms in total. The van der Waals surface area contributed by atoms with E-state index in [1.807, 2.05) is 42.5 Å². The SMILES string of the molecule is CCN(CC)CCOc1ccc(CNC(=O)c2csc(-c3ccccc3OC)n2)cc1OC. The lowest BCUT2D eigenvalue weighted by atomic mass is 10.2. The molecule has 0 saturated carbocycles. The Hall–Kier alpha value is -3.10. The Morgan fingerprint density at radius 2 is 1.79 bits per heavy atom. The van der Waals surface area contributed by atoms with Gasteiger partial charge in [0.05, 0.1) is 19.8 Å². The molecule has 0 saturated heterocycles. The number of nitrogens with one attached hydrogen (secondary N) is 1. The van der Waals surface area contributed by atoms with Gasteiger partial charge in [-0.15, -0.1) is 11.3 Å². The van der Waals surface area contributed by atoms with Crippen molar-refractivity contribution >= 4 is 17.2 Å². The average molecular weight is 470 g/mol. The highest BCUT2D eigenvalue weighted by atomic mass is 32.1. The number of hydrogen-bond donors (Lipinski definition) is 1. The second-order valence-electron chi connectivity index (χ2n) is 7.28. The number of methoxy groups -OCH3 is 2. The molecule has 0 aliphatic heterocycles. The molecule has 1 heterocycles. The first-order valence-electron chi connectivity index (χ1n) is 11.0. The monoisotopic (exact) mass is 469 g/mol. The van der Waals surface area contributed by atoms with Crippen molar-refractivity contribution in [3.05, 3.63) is 59.1 Å². The molecule has 2 aromatic carbocycles. The number of benzene rings is 2. The fourth-order valence-corrected chi connectivity index (χ4v) is 4.19. The van der Waals surface area contributed by atoms with Gasteiger partial charge in [-0.25, -0.2) is 4.98 Å². The topological polar surface area (TPSA) is 72.9 Å². The molecule has 8 heteroatoms. The lowest BCUT2D eigenvalue weighted by molar-refractivity contribution is 0.0946. The van der Waals surface area contributed by atoms with Crippen molar-refractivity contribution < 1.29 is 19.0 Å². The van der Waals surface area contributed by atoms with Gasteiger partial charge >= 0.3 is 0 Å². The highest BCUT2D eigenvalue weighted by Crippen LogP contribution is 2.32. The number of aromatic nitrogens is 1. The van der Waals surface area contributed by atoms with E-state index in [-0.39, 0.29) is 5.91 Å². The van der Waals surface area contributed by atoms with Gasteiger partial charge in [0.2, 0.25) is 0 Å². The highest BCUT2D eigenvalue weighted by Gasteiger charge is 2.15. The first kappa shape index (κ1) is 24.5. The summed E-state index contributed by atoms with van der Waals surface area (Å²) in [6.45, 7) is 8.07. The Morgan fingerprint density at radius 3 is 2.52 bits per heavy atom. The largest absolute Gasteiger partial charge is 0.496 e. The van der Waals surface area contributed by atoms with Crippen LogP contribution in [0.4, 0.5) is 0 Å². The van der Waals surface area contributed by atoms with Crippen LogP contribution < -0.4 is 19.5 Å². The predicted octanol–water partition coefficient (Wildman–Crippen LogP) is 4.48. The highest BCUT2D eigenvalue weighted by molar-refractivity contribution is 7.13. The molecule has 0 atom stereocenters. The van der Waals surface area contributed by atoms with Crippen molar-refractivity contribution in [2.45, 2.75) is 20.4 Å². The van der Waals surface area contributed by atoms with Crippen LogP contribution in [-0.2, 0) is 6.54 Å². The molecule has 3 aromatic rings. The third-order valence-corrected chi connectivity index (χ3v) is 6.19. The van der Waals surface area contributed by atoms with Gasteiger partial charge in [-0.05, 0) is 42.9 Å². The van der Waals surface area contributed by atoms with Crippen LogP contribution in [0.5, 0.6) is 17.2 Å². The van der Waals surface area contributed by atoms with Crippen LogP contribution in [0.2, 0.25) is 0 Å². The summed E-state index contributed by atoms with van der Waals surface area (Å²) in [5.41, 5.74) is 2.16. The summed E-state index contributed by atoms with van der Waals surface area (Å²) in [7, 11) is 3.24.